The van der Waals surface area contributed by atoms with Gasteiger partial charge in [-0.15, -0.1) is 11.6 Å². The molecular formula is C4H8ClN3. The first-order valence-corrected chi connectivity index (χ1v) is 3.02. The topological polar surface area (TPSA) is 48.8 Å². The van der Waals surface area contributed by atoms with Gasteiger partial charge in [0.1, 0.15) is 0 Å². The molecule has 0 bridgehead atoms. The second-order valence-electron chi connectivity index (χ2n) is 1.35. The highest BCUT2D eigenvalue weighted by Crippen LogP contribution is 1.91. The SMILES string of the molecule is [N-]=[N+]=NCCCCCl. The van der Waals surface area contributed by atoms with E-state index in [9.17, 15) is 0 Å². The fraction of sp³-hybridized carbons (Fsp3) is 1.00. The summed E-state index contributed by atoms with van der Waals surface area (Å²) in [4.78, 5) is 2.59. The smallest absolute Gasteiger partial charge is 0.0258 e. The van der Waals surface area contributed by atoms with Gasteiger partial charge in [-0.1, -0.05) is 5.11 Å². The first kappa shape index (κ1) is 7.60. The molecule has 0 saturated heterocycles. The summed E-state index contributed by atoms with van der Waals surface area (Å²) in [6.45, 7) is 0.573. The van der Waals surface area contributed by atoms with E-state index in [2.05, 4.69) is 10.0 Å². The van der Waals surface area contributed by atoms with E-state index in [1.165, 1.54) is 0 Å². The highest BCUT2D eigenvalue weighted by atomic mass is 35.5. The number of nitrogens with zero attached hydrogens (tertiary/aromatic N) is 3. The molecule has 4 heteroatoms. The minimum absolute atomic E-state index is 0.573. The number of rotatable bonds is 4. The van der Waals surface area contributed by atoms with Gasteiger partial charge in [0.05, 0.1) is 0 Å². The summed E-state index contributed by atoms with van der Waals surface area (Å²) < 4.78 is 0. The Morgan fingerprint density at radius 2 is 2.25 bits per heavy atom. The lowest BCUT2D eigenvalue weighted by molar-refractivity contribution is 0.807. The van der Waals surface area contributed by atoms with Crippen LogP contribution in [0.25, 0.3) is 10.4 Å². The molecule has 0 amide bonds. The zero-order valence-corrected chi connectivity index (χ0v) is 5.30. The van der Waals surface area contributed by atoms with Gasteiger partial charge in [0.15, 0.2) is 0 Å². The molecule has 0 aliphatic carbocycles. The molecule has 0 aromatic heterocycles. The molecule has 0 fully saturated rings. The van der Waals surface area contributed by atoms with Crippen LogP contribution in [-0.2, 0) is 0 Å². The van der Waals surface area contributed by atoms with Crippen LogP contribution in [0.4, 0.5) is 0 Å². The maximum atomic E-state index is 7.79. The Hall–Kier alpha value is -0.400. The Labute approximate surface area is 53.3 Å². The fourth-order valence-electron chi connectivity index (χ4n) is 0.322. The van der Waals surface area contributed by atoms with Crippen molar-refractivity contribution in [2.45, 2.75) is 12.8 Å². The van der Waals surface area contributed by atoms with Gasteiger partial charge in [0.25, 0.3) is 0 Å². The van der Waals surface area contributed by atoms with Crippen LogP contribution in [0.15, 0.2) is 5.11 Å². The van der Waals surface area contributed by atoms with E-state index in [0.717, 1.165) is 12.8 Å². The quantitative estimate of drug-likeness (QED) is 0.186. The monoisotopic (exact) mass is 133 g/mol. The lowest BCUT2D eigenvalue weighted by Gasteiger charge is -1.85. The van der Waals surface area contributed by atoms with E-state index in [1.54, 1.807) is 0 Å². The first-order chi connectivity index (χ1) is 3.91. The first-order valence-electron chi connectivity index (χ1n) is 2.48. The maximum Gasteiger partial charge on any atom is 0.0258 e. The number of halogens is 1. The van der Waals surface area contributed by atoms with Crippen LogP contribution in [0.5, 0.6) is 0 Å². The predicted octanol–water partition coefficient (Wildman–Crippen LogP) is 2.32. The van der Waals surface area contributed by atoms with Crippen LogP contribution < -0.4 is 0 Å². The standard InChI is InChI=1S/C4H8ClN3/c5-3-1-2-4-7-8-6/h1-4H2. The lowest BCUT2D eigenvalue weighted by atomic mass is 10.3. The normalized spacial score (nSPS) is 8.12. The van der Waals surface area contributed by atoms with E-state index in [1.807, 2.05) is 0 Å². The number of hydrogen-bond acceptors (Lipinski definition) is 1. The summed E-state index contributed by atoms with van der Waals surface area (Å²) in [5, 5.41) is 3.33. The van der Waals surface area contributed by atoms with Crippen molar-refractivity contribution in [2.24, 2.45) is 5.11 Å². The summed E-state index contributed by atoms with van der Waals surface area (Å²) in [5.74, 6) is 0.654. The third-order valence-electron chi connectivity index (χ3n) is 0.705. The molecule has 0 radical (unpaired) electrons. The summed E-state index contributed by atoms with van der Waals surface area (Å²) in [7, 11) is 0. The number of hydrogen-bond donors (Lipinski definition) is 0. The Bertz CT molecular complexity index is 87.3. The Morgan fingerprint density at radius 1 is 1.50 bits per heavy atom. The average molecular weight is 134 g/mol. The molecule has 0 spiro atoms. The Morgan fingerprint density at radius 3 is 2.75 bits per heavy atom. The average Bonchev–Trinajstić information content (AvgIpc) is 1.81. The molecule has 8 heavy (non-hydrogen) atoms. The molecule has 46 valence electrons. The number of unbranched alkanes of at least 4 members (excludes halogenated alkanes) is 1. The van der Waals surface area contributed by atoms with Crippen LogP contribution >= 0.6 is 11.6 Å². The fourth-order valence-corrected chi connectivity index (χ4v) is 0.511. The summed E-state index contributed by atoms with van der Waals surface area (Å²) in [6, 6.07) is 0. The molecule has 0 atom stereocenters. The highest BCUT2D eigenvalue weighted by molar-refractivity contribution is 6.17. The van der Waals surface area contributed by atoms with E-state index in [4.69, 9.17) is 17.1 Å². The lowest BCUT2D eigenvalue weighted by Crippen LogP contribution is -1.79. The summed E-state index contributed by atoms with van der Waals surface area (Å²) in [6.07, 6.45) is 1.83. The van der Waals surface area contributed by atoms with Gasteiger partial charge < -0.3 is 0 Å². The summed E-state index contributed by atoms with van der Waals surface area (Å²) in [5.41, 5.74) is 7.79. The van der Waals surface area contributed by atoms with Gasteiger partial charge in [0.2, 0.25) is 0 Å². The van der Waals surface area contributed by atoms with Crippen molar-refractivity contribution in [3.05, 3.63) is 10.4 Å². The molecule has 0 rings (SSSR count). The van der Waals surface area contributed by atoms with Crippen LogP contribution in [0.3, 0.4) is 0 Å². The number of alkyl halides is 1. The third-order valence-corrected chi connectivity index (χ3v) is 0.972. The zero-order valence-electron chi connectivity index (χ0n) is 4.55. The van der Waals surface area contributed by atoms with Crippen molar-refractivity contribution in [2.75, 3.05) is 12.4 Å². The molecule has 0 aliphatic rings. The zero-order chi connectivity index (χ0) is 6.24. The van der Waals surface area contributed by atoms with Crippen molar-refractivity contribution in [3.63, 3.8) is 0 Å². The second-order valence-corrected chi connectivity index (χ2v) is 1.73. The molecule has 0 saturated carbocycles. The van der Waals surface area contributed by atoms with Crippen LogP contribution in [0.1, 0.15) is 12.8 Å². The van der Waals surface area contributed by atoms with Crippen molar-refractivity contribution in [3.8, 4) is 0 Å². The van der Waals surface area contributed by atoms with Crippen LogP contribution in [0.2, 0.25) is 0 Å². The molecule has 0 N–H and O–H groups in total. The molecule has 0 unspecified atom stereocenters. The van der Waals surface area contributed by atoms with Crippen molar-refractivity contribution >= 4 is 11.6 Å². The van der Waals surface area contributed by atoms with Gasteiger partial charge in [-0.2, -0.15) is 0 Å². The van der Waals surface area contributed by atoms with E-state index >= 15 is 0 Å². The van der Waals surface area contributed by atoms with Crippen molar-refractivity contribution in [1.82, 2.24) is 0 Å². The third kappa shape index (κ3) is 5.60. The molecule has 0 aromatic carbocycles. The van der Waals surface area contributed by atoms with Gasteiger partial charge in [-0.25, -0.2) is 0 Å². The maximum absolute atomic E-state index is 7.79. The van der Waals surface area contributed by atoms with E-state index in [-0.39, 0.29) is 0 Å². The molecular weight excluding hydrogens is 126 g/mol. The largest absolute Gasteiger partial charge is 0.127 e. The van der Waals surface area contributed by atoms with Gasteiger partial charge in [-0.3, -0.25) is 0 Å². The highest BCUT2D eigenvalue weighted by Gasteiger charge is 1.80. The minimum Gasteiger partial charge on any atom is -0.127 e. The van der Waals surface area contributed by atoms with Gasteiger partial charge in [0, 0.05) is 17.3 Å². The van der Waals surface area contributed by atoms with Crippen LogP contribution in [0, 0.1) is 0 Å². The molecule has 0 aromatic rings. The van der Waals surface area contributed by atoms with Crippen molar-refractivity contribution in [1.29, 1.82) is 0 Å². The summed E-state index contributed by atoms with van der Waals surface area (Å²) >= 11 is 5.35. The molecule has 0 heterocycles. The van der Waals surface area contributed by atoms with Crippen molar-refractivity contribution < 1.29 is 0 Å². The van der Waals surface area contributed by atoms with Crippen LogP contribution in [-0.4, -0.2) is 12.4 Å². The minimum atomic E-state index is 0.573. The van der Waals surface area contributed by atoms with E-state index < -0.39 is 0 Å². The molecule has 3 nitrogen and oxygen atoms in total. The van der Waals surface area contributed by atoms with E-state index in [0.29, 0.717) is 12.4 Å². The van der Waals surface area contributed by atoms with Gasteiger partial charge in [-0.05, 0) is 18.4 Å². The number of azide groups is 1. The van der Waals surface area contributed by atoms with Gasteiger partial charge >= 0.3 is 0 Å². The predicted molar refractivity (Wildman–Crippen MR) is 34.0 cm³/mol. The Balaban J connectivity index is 2.82. The molecule has 0 aliphatic heterocycles. The Kier molecular flexibility index (Phi) is 6.27. The second kappa shape index (κ2) is 6.60.